The van der Waals surface area contributed by atoms with Gasteiger partial charge < -0.3 is 9.84 Å². The molecular weight excluding hydrogens is 211 g/mol. The summed E-state index contributed by atoms with van der Waals surface area (Å²) in [5.41, 5.74) is -1.03. The van der Waals surface area contributed by atoms with Crippen molar-refractivity contribution in [2.24, 2.45) is 0 Å². The Hall–Kier alpha value is -1.58. The molecule has 0 aliphatic heterocycles. The van der Waals surface area contributed by atoms with Crippen molar-refractivity contribution < 1.29 is 19.0 Å². The highest BCUT2D eigenvalue weighted by Crippen LogP contribution is 2.33. The van der Waals surface area contributed by atoms with E-state index in [4.69, 9.17) is 9.84 Å². The van der Waals surface area contributed by atoms with E-state index < -0.39 is 11.6 Å². The first-order valence-electron chi connectivity index (χ1n) is 4.88. The summed E-state index contributed by atoms with van der Waals surface area (Å²) in [5, 5.41) is 8.86. The largest absolute Gasteiger partial charge is 0.497 e. The Morgan fingerprint density at radius 1 is 1.38 bits per heavy atom. The van der Waals surface area contributed by atoms with Gasteiger partial charge in [0.05, 0.1) is 7.11 Å². The summed E-state index contributed by atoms with van der Waals surface area (Å²) in [5.74, 6) is -0.885. The van der Waals surface area contributed by atoms with Gasteiger partial charge in [0.2, 0.25) is 5.67 Å². The summed E-state index contributed by atoms with van der Waals surface area (Å²) < 4.78 is 19.1. The third-order valence-corrected chi connectivity index (χ3v) is 2.61. The number of methoxy groups -OCH3 is 1. The van der Waals surface area contributed by atoms with Crippen molar-refractivity contribution in [3.8, 4) is 5.75 Å². The Morgan fingerprint density at radius 3 is 2.12 bits per heavy atom. The smallest absolute Gasteiger partial charge is 0.345 e. The first kappa shape index (κ1) is 12.5. The molecule has 1 rings (SSSR count). The standard InChI is InChI=1S/C12H15FO3/c1-7-5-9(16-4)6-8(2)10(7)12(3,13)11(14)15/h5-6H,1-4H3,(H,14,15). The highest BCUT2D eigenvalue weighted by molar-refractivity contribution is 5.80. The monoisotopic (exact) mass is 226 g/mol. The zero-order valence-electron chi connectivity index (χ0n) is 9.80. The summed E-state index contributed by atoms with van der Waals surface area (Å²) in [6.07, 6.45) is 0. The number of hydrogen-bond acceptors (Lipinski definition) is 2. The number of carboxylic acid groups (broad SMARTS) is 1. The van der Waals surface area contributed by atoms with Crippen LogP contribution in [0.2, 0.25) is 0 Å². The van der Waals surface area contributed by atoms with Crippen LogP contribution in [-0.4, -0.2) is 18.2 Å². The predicted molar refractivity (Wildman–Crippen MR) is 58.6 cm³/mol. The number of aliphatic carboxylic acids is 1. The number of carboxylic acids is 1. The number of aryl methyl sites for hydroxylation is 2. The molecule has 1 unspecified atom stereocenters. The lowest BCUT2D eigenvalue weighted by Crippen LogP contribution is -2.28. The zero-order valence-corrected chi connectivity index (χ0v) is 9.80. The summed E-state index contributed by atoms with van der Waals surface area (Å²) in [6, 6.07) is 3.26. The van der Waals surface area contributed by atoms with Crippen LogP contribution in [0.15, 0.2) is 12.1 Å². The molecule has 0 spiro atoms. The molecule has 88 valence electrons. The second-order valence-corrected chi connectivity index (χ2v) is 3.94. The molecule has 0 fully saturated rings. The minimum Gasteiger partial charge on any atom is -0.497 e. The molecule has 0 aromatic heterocycles. The Morgan fingerprint density at radius 2 is 1.81 bits per heavy atom. The Kier molecular flexibility index (Phi) is 3.21. The number of alkyl halides is 1. The molecular formula is C12H15FO3. The van der Waals surface area contributed by atoms with Crippen LogP contribution in [-0.2, 0) is 10.5 Å². The maximum absolute atomic E-state index is 14.1. The van der Waals surface area contributed by atoms with Crippen molar-refractivity contribution in [1.29, 1.82) is 0 Å². The molecule has 4 heteroatoms. The second-order valence-electron chi connectivity index (χ2n) is 3.94. The predicted octanol–water partition coefficient (Wildman–Crippen LogP) is 2.58. The van der Waals surface area contributed by atoms with Gasteiger partial charge in [0.1, 0.15) is 5.75 Å². The number of ether oxygens (including phenoxy) is 1. The van der Waals surface area contributed by atoms with Crippen LogP contribution in [0, 0.1) is 13.8 Å². The van der Waals surface area contributed by atoms with E-state index in [9.17, 15) is 9.18 Å². The average Bonchev–Trinajstić information content (AvgIpc) is 2.15. The Bertz CT molecular complexity index is 401. The van der Waals surface area contributed by atoms with Crippen LogP contribution in [0.4, 0.5) is 4.39 Å². The first-order valence-corrected chi connectivity index (χ1v) is 4.88. The van der Waals surface area contributed by atoms with Crippen molar-refractivity contribution in [1.82, 2.24) is 0 Å². The lowest BCUT2D eigenvalue weighted by Gasteiger charge is -2.21. The van der Waals surface area contributed by atoms with E-state index in [1.165, 1.54) is 7.11 Å². The lowest BCUT2D eigenvalue weighted by atomic mass is 9.89. The molecule has 0 bridgehead atoms. The maximum Gasteiger partial charge on any atom is 0.345 e. The minimum atomic E-state index is -2.37. The van der Waals surface area contributed by atoms with Gasteiger partial charge in [-0.05, 0) is 44.0 Å². The summed E-state index contributed by atoms with van der Waals surface area (Å²) in [4.78, 5) is 10.9. The van der Waals surface area contributed by atoms with E-state index >= 15 is 0 Å². The molecule has 1 atom stereocenters. The van der Waals surface area contributed by atoms with Gasteiger partial charge in [-0.3, -0.25) is 0 Å². The zero-order chi connectivity index (χ0) is 12.5. The fourth-order valence-corrected chi connectivity index (χ4v) is 1.89. The molecule has 0 radical (unpaired) electrons. The van der Waals surface area contributed by atoms with Crippen LogP contribution in [0.25, 0.3) is 0 Å². The van der Waals surface area contributed by atoms with Gasteiger partial charge >= 0.3 is 5.97 Å². The molecule has 16 heavy (non-hydrogen) atoms. The molecule has 0 saturated heterocycles. The van der Waals surface area contributed by atoms with Gasteiger partial charge in [0.25, 0.3) is 0 Å². The van der Waals surface area contributed by atoms with Gasteiger partial charge in [-0.15, -0.1) is 0 Å². The van der Waals surface area contributed by atoms with Crippen molar-refractivity contribution in [3.63, 3.8) is 0 Å². The topological polar surface area (TPSA) is 46.5 Å². The van der Waals surface area contributed by atoms with Crippen molar-refractivity contribution in [2.45, 2.75) is 26.4 Å². The number of rotatable bonds is 3. The maximum atomic E-state index is 14.1. The molecule has 0 amide bonds. The van der Waals surface area contributed by atoms with E-state index in [2.05, 4.69) is 0 Å². The van der Waals surface area contributed by atoms with E-state index in [0.29, 0.717) is 16.9 Å². The SMILES string of the molecule is COc1cc(C)c(C(C)(F)C(=O)O)c(C)c1. The Labute approximate surface area is 93.9 Å². The number of benzene rings is 1. The first-order chi connectivity index (χ1) is 7.30. The highest BCUT2D eigenvalue weighted by Gasteiger charge is 2.37. The molecule has 3 nitrogen and oxygen atoms in total. The van der Waals surface area contributed by atoms with E-state index in [0.717, 1.165) is 6.92 Å². The van der Waals surface area contributed by atoms with Crippen molar-refractivity contribution in [2.75, 3.05) is 7.11 Å². The molecule has 1 aromatic rings. The van der Waals surface area contributed by atoms with Gasteiger partial charge in [0.15, 0.2) is 0 Å². The van der Waals surface area contributed by atoms with Gasteiger partial charge in [0, 0.05) is 5.56 Å². The Balaban J connectivity index is 3.41. The van der Waals surface area contributed by atoms with Crippen LogP contribution in [0.5, 0.6) is 5.75 Å². The second kappa shape index (κ2) is 4.12. The van der Waals surface area contributed by atoms with Gasteiger partial charge in [-0.25, -0.2) is 9.18 Å². The fraction of sp³-hybridized carbons (Fsp3) is 0.417. The normalized spacial score (nSPS) is 14.3. The van der Waals surface area contributed by atoms with E-state index in [1.807, 2.05) is 0 Å². The highest BCUT2D eigenvalue weighted by atomic mass is 19.1. The molecule has 0 heterocycles. The van der Waals surface area contributed by atoms with E-state index in [1.54, 1.807) is 26.0 Å². The molecule has 0 saturated carbocycles. The average molecular weight is 226 g/mol. The van der Waals surface area contributed by atoms with Crippen LogP contribution < -0.4 is 4.74 Å². The summed E-state index contributed by atoms with van der Waals surface area (Å²) in [7, 11) is 1.51. The third kappa shape index (κ3) is 2.01. The number of carbonyl (C=O) groups is 1. The van der Waals surface area contributed by atoms with Gasteiger partial charge in [-0.1, -0.05) is 0 Å². The summed E-state index contributed by atoms with van der Waals surface area (Å²) in [6.45, 7) is 4.40. The molecule has 1 aromatic carbocycles. The molecule has 1 N–H and O–H groups in total. The van der Waals surface area contributed by atoms with Crippen LogP contribution >= 0.6 is 0 Å². The lowest BCUT2D eigenvalue weighted by molar-refractivity contribution is -0.150. The van der Waals surface area contributed by atoms with Gasteiger partial charge in [-0.2, -0.15) is 0 Å². The van der Waals surface area contributed by atoms with E-state index in [-0.39, 0.29) is 5.56 Å². The molecule has 0 aliphatic rings. The van der Waals surface area contributed by atoms with Crippen molar-refractivity contribution in [3.05, 3.63) is 28.8 Å². The summed E-state index contributed by atoms with van der Waals surface area (Å²) >= 11 is 0. The quantitative estimate of drug-likeness (QED) is 0.861. The van der Waals surface area contributed by atoms with Crippen molar-refractivity contribution >= 4 is 5.97 Å². The number of hydrogen-bond donors (Lipinski definition) is 1. The number of halogens is 1. The van der Waals surface area contributed by atoms with Crippen LogP contribution in [0.3, 0.4) is 0 Å². The molecule has 0 aliphatic carbocycles. The minimum absolute atomic E-state index is 0.195. The third-order valence-electron chi connectivity index (χ3n) is 2.61. The van der Waals surface area contributed by atoms with Crippen LogP contribution in [0.1, 0.15) is 23.6 Å². The fourth-order valence-electron chi connectivity index (χ4n) is 1.89.